The molecule has 0 bridgehead atoms. The number of hydrogen-bond acceptors (Lipinski definition) is 2. The summed E-state index contributed by atoms with van der Waals surface area (Å²) in [5.41, 5.74) is 0.447. The van der Waals surface area contributed by atoms with Crippen LogP contribution in [0.3, 0.4) is 0 Å². The van der Waals surface area contributed by atoms with Crippen molar-refractivity contribution in [3.63, 3.8) is 0 Å². The van der Waals surface area contributed by atoms with Crippen LogP contribution in [0.15, 0.2) is 18.2 Å². The monoisotopic (exact) mass is 318 g/mol. The minimum Gasteiger partial charge on any atom is -0.481 e. The van der Waals surface area contributed by atoms with Gasteiger partial charge >= 0.3 is 12.0 Å². The van der Waals surface area contributed by atoms with Crippen molar-refractivity contribution in [2.24, 2.45) is 0 Å². The molecule has 0 aliphatic heterocycles. The van der Waals surface area contributed by atoms with Gasteiger partial charge in [-0.15, -0.1) is 0 Å². The second-order valence-corrected chi connectivity index (χ2v) is 5.05. The van der Waals surface area contributed by atoms with E-state index in [9.17, 15) is 9.59 Å². The molecule has 2 amide bonds. The number of nitrogens with one attached hydrogen (secondary N) is 2. The lowest BCUT2D eigenvalue weighted by Crippen LogP contribution is -2.29. The first-order chi connectivity index (χ1) is 9.49. The molecule has 0 atom stereocenters. The summed E-state index contributed by atoms with van der Waals surface area (Å²) in [5, 5.41) is 14.6. The Hall–Kier alpha value is -1.46. The van der Waals surface area contributed by atoms with Crippen LogP contribution in [0.2, 0.25) is 10.0 Å². The molecule has 20 heavy (non-hydrogen) atoms. The number of carboxylic acids is 1. The van der Waals surface area contributed by atoms with Crippen molar-refractivity contribution >= 4 is 40.9 Å². The molecular weight excluding hydrogens is 303 g/mol. The SMILES string of the molecule is O=C(O)CCCCCNC(=O)Nc1cc(Cl)ccc1Cl. The Kier molecular flexibility index (Phi) is 7.18. The standard InChI is InChI=1S/C13H16Cl2N2O3/c14-9-5-6-10(15)11(8-9)17-13(20)16-7-3-1-2-4-12(18)19/h5-6,8H,1-4,7H2,(H,18,19)(H2,16,17,20). The second-order valence-electron chi connectivity index (χ2n) is 4.21. The highest BCUT2D eigenvalue weighted by Gasteiger charge is 2.05. The summed E-state index contributed by atoms with van der Waals surface area (Å²) >= 11 is 11.7. The Bertz CT molecular complexity index is 481. The fourth-order valence-electron chi connectivity index (χ4n) is 1.54. The summed E-state index contributed by atoms with van der Waals surface area (Å²) in [6.45, 7) is 0.476. The van der Waals surface area contributed by atoms with Crippen molar-refractivity contribution < 1.29 is 14.7 Å². The average molecular weight is 319 g/mol. The average Bonchev–Trinajstić information content (AvgIpc) is 2.37. The Morgan fingerprint density at radius 3 is 2.60 bits per heavy atom. The minimum atomic E-state index is -0.800. The number of carbonyl (C=O) groups is 2. The maximum Gasteiger partial charge on any atom is 0.319 e. The molecule has 0 aromatic heterocycles. The van der Waals surface area contributed by atoms with Crippen molar-refractivity contribution in [3.05, 3.63) is 28.2 Å². The third kappa shape index (κ3) is 6.63. The first kappa shape index (κ1) is 16.6. The van der Waals surface area contributed by atoms with Gasteiger partial charge < -0.3 is 15.7 Å². The Morgan fingerprint density at radius 2 is 1.90 bits per heavy atom. The number of rotatable bonds is 7. The summed E-state index contributed by atoms with van der Waals surface area (Å²) < 4.78 is 0. The van der Waals surface area contributed by atoms with Gasteiger partial charge in [0.15, 0.2) is 0 Å². The van der Waals surface area contributed by atoms with Gasteiger partial charge in [-0.25, -0.2) is 4.79 Å². The molecule has 0 spiro atoms. The highest BCUT2D eigenvalue weighted by Crippen LogP contribution is 2.25. The summed E-state index contributed by atoms with van der Waals surface area (Å²) in [6, 6.07) is 4.43. The molecule has 0 unspecified atom stereocenters. The van der Waals surface area contributed by atoms with E-state index < -0.39 is 5.97 Å². The number of urea groups is 1. The first-order valence-corrected chi connectivity index (χ1v) is 6.96. The molecule has 1 rings (SSSR count). The van der Waals surface area contributed by atoms with Gasteiger partial charge in [0.1, 0.15) is 0 Å². The lowest BCUT2D eigenvalue weighted by Gasteiger charge is -2.09. The van der Waals surface area contributed by atoms with Gasteiger partial charge in [-0.05, 0) is 31.0 Å². The number of hydrogen-bond donors (Lipinski definition) is 3. The van der Waals surface area contributed by atoms with Gasteiger partial charge in [-0.2, -0.15) is 0 Å². The number of carboxylic acid groups (broad SMARTS) is 1. The Morgan fingerprint density at radius 1 is 1.15 bits per heavy atom. The van der Waals surface area contributed by atoms with Crippen molar-refractivity contribution in [2.75, 3.05) is 11.9 Å². The number of anilines is 1. The smallest absolute Gasteiger partial charge is 0.319 e. The topological polar surface area (TPSA) is 78.4 Å². The zero-order valence-corrected chi connectivity index (χ0v) is 12.3. The molecule has 7 heteroatoms. The minimum absolute atomic E-state index is 0.157. The maximum absolute atomic E-state index is 11.6. The van der Waals surface area contributed by atoms with E-state index in [-0.39, 0.29) is 12.5 Å². The number of aliphatic carboxylic acids is 1. The van der Waals surface area contributed by atoms with Crippen LogP contribution in [0.4, 0.5) is 10.5 Å². The fourth-order valence-corrected chi connectivity index (χ4v) is 1.88. The summed E-state index contributed by atoms with van der Waals surface area (Å²) in [7, 11) is 0. The van der Waals surface area contributed by atoms with Gasteiger partial charge in [0, 0.05) is 18.0 Å². The number of carbonyl (C=O) groups excluding carboxylic acids is 1. The highest BCUT2D eigenvalue weighted by molar-refractivity contribution is 6.35. The van der Waals surface area contributed by atoms with Gasteiger partial charge in [-0.3, -0.25) is 4.79 Å². The van der Waals surface area contributed by atoms with E-state index in [1.54, 1.807) is 18.2 Å². The molecule has 1 aromatic carbocycles. The third-order valence-corrected chi connectivity index (χ3v) is 3.09. The van der Waals surface area contributed by atoms with Gasteiger partial charge in [0.25, 0.3) is 0 Å². The van der Waals surface area contributed by atoms with E-state index in [4.69, 9.17) is 28.3 Å². The fraction of sp³-hybridized carbons (Fsp3) is 0.385. The first-order valence-electron chi connectivity index (χ1n) is 6.20. The van der Waals surface area contributed by atoms with Crippen molar-refractivity contribution in [1.29, 1.82) is 0 Å². The Balaban J connectivity index is 2.23. The van der Waals surface area contributed by atoms with Crippen LogP contribution < -0.4 is 10.6 Å². The van der Waals surface area contributed by atoms with E-state index in [0.29, 0.717) is 28.7 Å². The van der Waals surface area contributed by atoms with Gasteiger partial charge in [0.05, 0.1) is 10.7 Å². The normalized spacial score (nSPS) is 10.1. The summed E-state index contributed by atoms with van der Waals surface area (Å²) in [5.74, 6) is -0.800. The maximum atomic E-state index is 11.6. The molecular formula is C13H16Cl2N2O3. The zero-order chi connectivity index (χ0) is 15.0. The molecule has 0 saturated carbocycles. The van der Waals surface area contributed by atoms with E-state index in [0.717, 1.165) is 12.8 Å². The van der Waals surface area contributed by atoms with Crippen molar-refractivity contribution in [2.45, 2.75) is 25.7 Å². The molecule has 110 valence electrons. The zero-order valence-electron chi connectivity index (χ0n) is 10.8. The highest BCUT2D eigenvalue weighted by atomic mass is 35.5. The summed E-state index contributed by atoms with van der Waals surface area (Å²) in [6.07, 6.45) is 2.25. The molecule has 5 nitrogen and oxygen atoms in total. The van der Waals surface area contributed by atoms with Crippen LogP contribution in [-0.4, -0.2) is 23.7 Å². The Labute approximate surface area is 127 Å². The van der Waals surface area contributed by atoms with Crippen LogP contribution >= 0.6 is 23.2 Å². The van der Waals surface area contributed by atoms with E-state index in [1.807, 2.05) is 0 Å². The van der Waals surface area contributed by atoms with Crippen molar-refractivity contribution in [3.8, 4) is 0 Å². The largest absolute Gasteiger partial charge is 0.481 e. The number of unbranched alkanes of at least 4 members (excludes halogenated alkanes) is 2. The van der Waals surface area contributed by atoms with Crippen LogP contribution in [0.1, 0.15) is 25.7 Å². The van der Waals surface area contributed by atoms with Crippen LogP contribution in [0, 0.1) is 0 Å². The van der Waals surface area contributed by atoms with E-state index in [2.05, 4.69) is 10.6 Å². The molecule has 0 fully saturated rings. The van der Waals surface area contributed by atoms with Gasteiger partial charge in [0.2, 0.25) is 0 Å². The van der Waals surface area contributed by atoms with Crippen LogP contribution in [-0.2, 0) is 4.79 Å². The predicted molar refractivity (Wildman–Crippen MR) is 79.6 cm³/mol. The molecule has 0 saturated heterocycles. The number of amides is 2. The van der Waals surface area contributed by atoms with E-state index >= 15 is 0 Å². The third-order valence-electron chi connectivity index (χ3n) is 2.53. The van der Waals surface area contributed by atoms with Crippen LogP contribution in [0.5, 0.6) is 0 Å². The summed E-state index contributed by atoms with van der Waals surface area (Å²) in [4.78, 5) is 21.9. The molecule has 0 heterocycles. The quantitative estimate of drug-likeness (QED) is 0.670. The van der Waals surface area contributed by atoms with E-state index in [1.165, 1.54) is 0 Å². The number of halogens is 2. The lowest BCUT2D eigenvalue weighted by atomic mass is 10.2. The molecule has 3 N–H and O–H groups in total. The van der Waals surface area contributed by atoms with Gasteiger partial charge in [-0.1, -0.05) is 29.6 Å². The molecule has 0 aliphatic rings. The lowest BCUT2D eigenvalue weighted by molar-refractivity contribution is -0.137. The predicted octanol–water partition coefficient (Wildman–Crippen LogP) is 3.76. The second kappa shape index (κ2) is 8.66. The number of benzene rings is 1. The molecule has 0 radical (unpaired) electrons. The van der Waals surface area contributed by atoms with Crippen molar-refractivity contribution in [1.82, 2.24) is 5.32 Å². The van der Waals surface area contributed by atoms with Crippen LogP contribution in [0.25, 0.3) is 0 Å². The molecule has 0 aliphatic carbocycles. The molecule has 1 aromatic rings.